The van der Waals surface area contributed by atoms with Crippen LogP contribution in [0.4, 0.5) is 30.4 Å². The third-order valence-electron chi connectivity index (χ3n) is 3.90. The number of pyridine rings is 1. The molecule has 2 aromatic carbocycles. The van der Waals surface area contributed by atoms with E-state index in [4.69, 9.17) is 0 Å². The van der Waals surface area contributed by atoms with Crippen LogP contribution in [0.1, 0.15) is 21.5 Å². The molecule has 0 saturated heterocycles. The van der Waals surface area contributed by atoms with E-state index in [0.717, 1.165) is 35.5 Å². The molecular weight excluding hydrogens is 355 g/mol. The van der Waals surface area contributed by atoms with Gasteiger partial charge in [-0.1, -0.05) is 18.2 Å². The molecule has 1 aromatic heterocycles. The van der Waals surface area contributed by atoms with Crippen molar-refractivity contribution in [3.05, 3.63) is 83.6 Å². The summed E-state index contributed by atoms with van der Waals surface area (Å²) < 4.78 is 37.7. The molecule has 4 nitrogen and oxygen atoms in total. The van der Waals surface area contributed by atoms with Crippen LogP contribution < -0.4 is 10.6 Å². The largest absolute Gasteiger partial charge is 0.416 e. The SMILES string of the molecule is Cc1ccccc1Nc1ccc(NC(=O)c2ccc(C(F)(F)F)cc2)cn1. The molecule has 0 aliphatic carbocycles. The normalized spacial score (nSPS) is 11.1. The molecule has 0 bridgehead atoms. The summed E-state index contributed by atoms with van der Waals surface area (Å²) in [6.07, 6.45) is -2.96. The number of halogens is 3. The zero-order chi connectivity index (χ0) is 19.4. The fourth-order valence-electron chi connectivity index (χ4n) is 2.41. The van der Waals surface area contributed by atoms with Gasteiger partial charge in [-0.15, -0.1) is 0 Å². The van der Waals surface area contributed by atoms with Crippen LogP contribution in [0, 0.1) is 6.92 Å². The maximum absolute atomic E-state index is 12.6. The van der Waals surface area contributed by atoms with Crippen LogP contribution in [-0.2, 0) is 6.18 Å². The van der Waals surface area contributed by atoms with E-state index in [9.17, 15) is 18.0 Å². The maximum atomic E-state index is 12.6. The number of aromatic nitrogens is 1. The first-order valence-corrected chi connectivity index (χ1v) is 8.10. The summed E-state index contributed by atoms with van der Waals surface area (Å²) in [6, 6.07) is 15.1. The molecule has 0 aliphatic rings. The van der Waals surface area contributed by atoms with E-state index in [-0.39, 0.29) is 5.56 Å². The molecule has 0 fully saturated rings. The quantitative estimate of drug-likeness (QED) is 0.645. The summed E-state index contributed by atoms with van der Waals surface area (Å²) in [5, 5.41) is 5.78. The van der Waals surface area contributed by atoms with Crippen molar-refractivity contribution < 1.29 is 18.0 Å². The Balaban J connectivity index is 1.66. The fraction of sp³-hybridized carbons (Fsp3) is 0.100. The van der Waals surface area contributed by atoms with Crippen LogP contribution in [0.5, 0.6) is 0 Å². The van der Waals surface area contributed by atoms with Gasteiger partial charge in [0.1, 0.15) is 5.82 Å². The first-order valence-electron chi connectivity index (χ1n) is 8.10. The molecule has 27 heavy (non-hydrogen) atoms. The van der Waals surface area contributed by atoms with E-state index in [1.807, 2.05) is 31.2 Å². The van der Waals surface area contributed by atoms with Crippen molar-refractivity contribution in [2.75, 3.05) is 10.6 Å². The Morgan fingerprint density at radius 1 is 0.963 bits per heavy atom. The van der Waals surface area contributed by atoms with Gasteiger partial charge < -0.3 is 10.6 Å². The number of aryl methyl sites for hydroxylation is 1. The summed E-state index contributed by atoms with van der Waals surface area (Å²) in [4.78, 5) is 16.4. The minimum absolute atomic E-state index is 0.130. The minimum atomic E-state index is -4.43. The second-order valence-corrected chi connectivity index (χ2v) is 5.90. The Morgan fingerprint density at radius 2 is 1.67 bits per heavy atom. The molecule has 0 aliphatic heterocycles. The van der Waals surface area contributed by atoms with Gasteiger partial charge in [0.2, 0.25) is 0 Å². The van der Waals surface area contributed by atoms with Gasteiger partial charge >= 0.3 is 6.18 Å². The zero-order valence-corrected chi connectivity index (χ0v) is 14.3. The number of amides is 1. The number of alkyl halides is 3. The van der Waals surface area contributed by atoms with Gasteiger partial charge in [-0.3, -0.25) is 4.79 Å². The van der Waals surface area contributed by atoms with Crippen molar-refractivity contribution in [2.24, 2.45) is 0 Å². The number of para-hydroxylation sites is 1. The van der Waals surface area contributed by atoms with Gasteiger partial charge in [0.05, 0.1) is 17.4 Å². The van der Waals surface area contributed by atoms with Gasteiger partial charge in [0.15, 0.2) is 0 Å². The lowest BCUT2D eigenvalue weighted by molar-refractivity contribution is -0.137. The molecule has 7 heteroatoms. The van der Waals surface area contributed by atoms with E-state index >= 15 is 0 Å². The molecule has 2 N–H and O–H groups in total. The Bertz CT molecular complexity index is 936. The smallest absolute Gasteiger partial charge is 0.340 e. The van der Waals surface area contributed by atoms with Crippen molar-refractivity contribution in [1.82, 2.24) is 4.98 Å². The number of nitrogens with zero attached hydrogens (tertiary/aromatic N) is 1. The Hall–Kier alpha value is -3.35. The number of carbonyl (C=O) groups excluding carboxylic acids is 1. The summed E-state index contributed by atoms with van der Waals surface area (Å²) >= 11 is 0. The highest BCUT2D eigenvalue weighted by molar-refractivity contribution is 6.04. The summed E-state index contributed by atoms with van der Waals surface area (Å²) in [5.74, 6) is 0.0990. The van der Waals surface area contributed by atoms with Crippen LogP contribution in [0.3, 0.4) is 0 Å². The van der Waals surface area contributed by atoms with Crippen LogP contribution in [0.25, 0.3) is 0 Å². The van der Waals surface area contributed by atoms with E-state index in [1.54, 1.807) is 12.1 Å². The van der Waals surface area contributed by atoms with Crippen LogP contribution in [-0.4, -0.2) is 10.9 Å². The number of nitrogens with one attached hydrogen (secondary N) is 2. The number of hydrogen-bond acceptors (Lipinski definition) is 3. The van der Waals surface area contributed by atoms with Crippen molar-refractivity contribution in [1.29, 1.82) is 0 Å². The van der Waals surface area contributed by atoms with Gasteiger partial charge in [0, 0.05) is 11.3 Å². The number of benzene rings is 2. The molecule has 1 heterocycles. The molecule has 0 unspecified atom stereocenters. The maximum Gasteiger partial charge on any atom is 0.416 e. The Labute approximate surface area is 154 Å². The van der Waals surface area contributed by atoms with Crippen molar-refractivity contribution >= 4 is 23.1 Å². The molecule has 0 atom stereocenters. The van der Waals surface area contributed by atoms with E-state index in [0.29, 0.717) is 11.5 Å². The fourth-order valence-corrected chi connectivity index (χ4v) is 2.41. The van der Waals surface area contributed by atoms with Crippen molar-refractivity contribution in [2.45, 2.75) is 13.1 Å². The highest BCUT2D eigenvalue weighted by Crippen LogP contribution is 2.29. The first-order chi connectivity index (χ1) is 12.8. The number of rotatable bonds is 4. The molecule has 138 valence electrons. The lowest BCUT2D eigenvalue weighted by Crippen LogP contribution is -2.13. The summed E-state index contributed by atoms with van der Waals surface area (Å²) in [5.41, 5.74) is 1.76. The number of hydrogen-bond donors (Lipinski definition) is 2. The third kappa shape index (κ3) is 4.63. The topological polar surface area (TPSA) is 54.0 Å². The van der Waals surface area contributed by atoms with Crippen molar-refractivity contribution in [3.63, 3.8) is 0 Å². The lowest BCUT2D eigenvalue weighted by atomic mass is 10.1. The Kier molecular flexibility index (Phi) is 5.12. The van der Waals surface area contributed by atoms with E-state index in [1.165, 1.54) is 6.20 Å². The first kappa shape index (κ1) is 18.4. The van der Waals surface area contributed by atoms with Gasteiger partial charge in [-0.25, -0.2) is 4.98 Å². The van der Waals surface area contributed by atoms with Crippen LogP contribution in [0.15, 0.2) is 66.9 Å². The molecular formula is C20H16F3N3O. The molecule has 3 aromatic rings. The molecule has 3 rings (SSSR count). The van der Waals surface area contributed by atoms with Crippen LogP contribution in [0.2, 0.25) is 0 Å². The van der Waals surface area contributed by atoms with Gasteiger partial charge in [-0.05, 0) is 55.0 Å². The predicted octanol–water partition coefficient (Wildman–Crippen LogP) is 5.40. The highest BCUT2D eigenvalue weighted by Gasteiger charge is 2.30. The van der Waals surface area contributed by atoms with Gasteiger partial charge in [-0.2, -0.15) is 13.2 Å². The molecule has 0 radical (unpaired) electrons. The standard InChI is InChI=1S/C20H16F3N3O/c1-13-4-2-3-5-17(13)26-18-11-10-16(12-24-18)25-19(27)14-6-8-15(9-7-14)20(21,22)23/h2-12H,1H3,(H,24,26)(H,25,27). The zero-order valence-electron chi connectivity index (χ0n) is 14.3. The molecule has 1 amide bonds. The highest BCUT2D eigenvalue weighted by atomic mass is 19.4. The minimum Gasteiger partial charge on any atom is -0.340 e. The predicted molar refractivity (Wildman–Crippen MR) is 98.1 cm³/mol. The van der Waals surface area contributed by atoms with E-state index < -0.39 is 17.6 Å². The van der Waals surface area contributed by atoms with Crippen LogP contribution >= 0.6 is 0 Å². The third-order valence-corrected chi connectivity index (χ3v) is 3.90. The number of carbonyl (C=O) groups is 1. The van der Waals surface area contributed by atoms with Crippen molar-refractivity contribution in [3.8, 4) is 0 Å². The second kappa shape index (κ2) is 7.49. The average Bonchev–Trinajstić information content (AvgIpc) is 2.64. The monoisotopic (exact) mass is 371 g/mol. The second-order valence-electron chi connectivity index (χ2n) is 5.90. The van der Waals surface area contributed by atoms with Gasteiger partial charge in [0.25, 0.3) is 5.91 Å². The summed E-state index contributed by atoms with van der Waals surface area (Å²) in [7, 11) is 0. The molecule has 0 saturated carbocycles. The Morgan fingerprint density at radius 3 is 2.26 bits per heavy atom. The van der Waals surface area contributed by atoms with E-state index in [2.05, 4.69) is 15.6 Å². The number of anilines is 3. The molecule has 0 spiro atoms. The summed E-state index contributed by atoms with van der Waals surface area (Å²) in [6.45, 7) is 1.97. The average molecular weight is 371 g/mol. The lowest BCUT2D eigenvalue weighted by Gasteiger charge is -2.10.